The molecule has 26 heavy (non-hydrogen) atoms. The Hall–Kier alpha value is -1.71. The number of methoxy groups -OCH3 is 1. The molecule has 1 aromatic rings. The van der Waals surface area contributed by atoms with Crippen LogP contribution in [-0.4, -0.2) is 44.1 Å². The van der Waals surface area contributed by atoms with E-state index in [-0.39, 0.29) is 5.92 Å². The lowest BCUT2D eigenvalue weighted by Gasteiger charge is -2.39. The van der Waals surface area contributed by atoms with Crippen molar-refractivity contribution in [2.45, 2.75) is 51.9 Å². The Balaban J connectivity index is 1.48. The van der Waals surface area contributed by atoms with E-state index in [1.54, 1.807) is 7.11 Å². The van der Waals surface area contributed by atoms with Crippen molar-refractivity contribution in [3.63, 3.8) is 0 Å². The Bertz CT molecular complexity index is 573. The van der Waals surface area contributed by atoms with Crippen LogP contribution in [0, 0.1) is 11.8 Å². The molecule has 0 aromatic heterocycles. The summed E-state index contributed by atoms with van der Waals surface area (Å²) in [6, 6.07) is 8.16. The zero-order valence-corrected chi connectivity index (χ0v) is 16.5. The molecule has 1 aromatic carbocycles. The summed E-state index contributed by atoms with van der Waals surface area (Å²) in [5, 5.41) is 0. The first-order chi connectivity index (χ1) is 12.7. The Morgan fingerprint density at radius 3 is 2.42 bits per heavy atom. The number of hydrogen-bond donors (Lipinski definition) is 0. The van der Waals surface area contributed by atoms with Crippen molar-refractivity contribution in [2.75, 3.05) is 38.2 Å². The van der Waals surface area contributed by atoms with Gasteiger partial charge in [-0.05, 0) is 43.7 Å². The topological polar surface area (TPSA) is 32.8 Å². The maximum atomic E-state index is 12.9. The highest BCUT2D eigenvalue weighted by atomic mass is 16.5. The van der Waals surface area contributed by atoms with Crippen molar-refractivity contribution >= 4 is 11.6 Å². The fourth-order valence-electron chi connectivity index (χ4n) is 4.51. The number of anilines is 1. The molecule has 2 aliphatic rings. The molecule has 1 heterocycles. The van der Waals surface area contributed by atoms with E-state index in [0.29, 0.717) is 5.91 Å². The molecule has 0 spiro atoms. The lowest BCUT2D eigenvalue weighted by atomic mass is 9.79. The molecule has 1 aliphatic carbocycles. The number of nitrogens with zero attached hydrogens (tertiary/aromatic N) is 2. The molecule has 3 rings (SSSR count). The Morgan fingerprint density at radius 2 is 1.77 bits per heavy atom. The first kappa shape index (κ1) is 19.1. The highest BCUT2D eigenvalue weighted by Gasteiger charge is 2.31. The monoisotopic (exact) mass is 358 g/mol. The van der Waals surface area contributed by atoms with Crippen LogP contribution in [-0.2, 0) is 4.79 Å². The number of piperazine rings is 1. The summed E-state index contributed by atoms with van der Waals surface area (Å²) in [4.78, 5) is 17.4. The standard InChI is InChI=1S/C22H34N2O2/c1-3-4-7-18-10-12-19(13-11-18)22(25)24-16-14-23(15-17-24)20-8-5-6-9-21(20)26-2/h5-6,8-9,18-19H,3-4,7,10-17H2,1-2H3. The van der Waals surface area contributed by atoms with Gasteiger partial charge in [0.1, 0.15) is 5.75 Å². The van der Waals surface area contributed by atoms with Gasteiger partial charge < -0.3 is 14.5 Å². The second-order valence-corrected chi connectivity index (χ2v) is 7.84. The zero-order chi connectivity index (χ0) is 18.4. The Kier molecular flexibility index (Phi) is 6.81. The number of carbonyl (C=O) groups excluding carboxylic acids is 1. The highest BCUT2D eigenvalue weighted by molar-refractivity contribution is 5.79. The van der Waals surface area contributed by atoms with Crippen molar-refractivity contribution in [2.24, 2.45) is 11.8 Å². The molecule has 0 N–H and O–H groups in total. The molecular weight excluding hydrogens is 324 g/mol. The molecule has 0 radical (unpaired) electrons. The summed E-state index contributed by atoms with van der Waals surface area (Å²) < 4.78 is 5.48. The first-order valence-corrected chi connectivity index (χ1v) is 10.4. The largest absolute Gasteiger partial charge is 0.495 e. The number of unbranched alkanes of at least 4 members (excludes halogenated alkanes) is 1. The predicted octanol–water partition coefficient (Wildman–Crippen LogP) is 4.34. The van der Waals surface area contributed by atoms with Gasteiger partial charge >= 0.3 is 0 Å². The van der Waals surface area contributed by atoms with E-state index in [9.17, 15) is 4.79 Å². The van der Waals surface area contributed by atoms with Gasteiger partial charge in [-0.15, -0.1) is 0 Å². The third-order valence-electron chi connectivity index (χ3n) is 6.18. The Morgan fingerprint density at radius 1 is 1.08 bits per heavy atom. The molecule has 0 unspecified atom stereocenters. The average molecular weight is 359 g/mol. The van der Waals surface area contributed by atoms with Crippen molar-refractivity contribution in [1.82, 2.24) is 4.90 Å². The second-order valence-electron chi connectivity index (χ2n) is 7.84. The fourth-order valence-corrected chi connectivity index (χ4v) is 4.51. The fraction of sp³-hybridized carbons (Fsp3) is 0.682. The summed E-state index contributed by atoms with van der Waals surface area (Å²) in [6.07, 6.45) is 8.67. The van der Waals surface area contributed by atoms with Crippen LogP contribution in [0.25, 0.3) is 0 Å². The molecule has 4 nitrogen and oxygen atoms in total. The molecule has 0 atom stereocenters. The molecule has 1 amide bonds. The van der Waals surface area contributed by atoms with E-state index >= 15 is 0 Å². The molecular formula is C22H34N2O2. The molecule has 1 saturated heterocycles. The summed E-state index contributed by atoms with van der Waals surface area (Å²) in [5.74, 6) is 2.45. The number of amides is 1. The molecule has 1 aliphatic heterocycles. The molecule has 144 valence electrons. The van der Waals surface area contributed by atoms with E-state index in [1.165, 1.54) is 32.1 Å². The van der Waals surface area contributed by atoms with Crippen molar-refractivity contribution in [1.29, 1.82) is 0 Å². The number of ether oxygens (including phenoxy) is 1. The third kappa shape index (κ3) is 4.52. The van der Waals surface area contributed by atoms with Crippen LogP contribution in [0.4, 0.5) is 5.69 Å². The van der Waals surface area contributed by atoms with E-state index in [0.717, 1.165) is 56.4 Å². The van der Waals surface area contributed by atoms with Crippen molar-refractivity contribution in [3.8, 4) is 5.75 Å². The zero-order valence-electron chi connectivity index (χ0n) is 16.5. The van der Waals surface area contributed by atoms with Gasteiger partial charge in [0, 0.05) is 32.1 Å². The highest BCUT2D eigenvalue weighted by Crippen LogP contribution is 2.33. The second kappa shape index (κ2) is 9.29. The minimum absolute atomic E-state index is 0.269. The number of carbonyl (C=O) groups is 1. The summed E-state index contributed by atoms with van der Waals surface area (Å²) in [5.41, 5.74) is 1.14. The van der Waals surface area contributed by atoms with Crippen LogP contribution in [0.2, 0.25) is 0 Å². The van der Waals surface area contributed by atoms with Gasteiger partial charge in [0.15, 0.2) is 0 Å². The SMILES string of the molecule is CCCCC1CCC(C(=O)N2CCN(c3ccccc3OC)CC2)CC1. The molecule has 4 heteroatoms. The van der Waals surface area contributed by atoms with Gasteiger partial charge in [-0.3, -0.25) is 4.79 Å². The van der Waals surface area contributed by atoms with E-state index < -0.39 is 0 Å². The van der Waals surface area contributed by atoms with Crippen LogP contribution in [0.5, 0.6) is 5.75 Å². The van der Waals surface area contributed by atoms with Gasteiger partial charge in [0.2, 0.25) is 5.91 Å². The molecule has 2 fully saturated rings. The quantitative estimate of drug-likeness (QED) is 0.758. The molecule has 0 bridgehead atoms. The van der Waals surface area contributed by atoms with Gasteiger partial charge in [-0.25, -0.2) is 0 Å². The van der Waals surface area contributed by atoms with Crippen LogP contribution < -0.4 is 9.64 Å². The van der Waals surface area contributed by atoms with E-state index in [1.807, 2.05) is 18.2 Å². The number of para-hydroxylation sites is 2. The van der Waals surface area contributed by atoms with E-state index in [2.05, 4.69) is 22.8 Å². The van der Waals surface area contributed by atoms with Crippen LogP contribution in [0.1, 0.15) is 51.9 Å². The summed E-state index contributed by atoms with van der Waals surface area (Å²) in [7, 11) is 1.72. The number of hydrogen-bond acceptors (Lipinski definition) is 3. The van der Waals surface area contributed by atoms with Gasteiger partial charge in [0.25, 0.3) is 0 Å². The summed E-state index contributed by atoms with van der Waals surface area (Å²) >= 11 is 0. The summed E-state index contributed by atoms with van der Waals surface area (Å²) in [6.45, 7) is 5.69. The third-order valence-corrected chi connectivity index (χ3v) is 6.18. The lowest BCUT2D eigenvalue weighted by Crippen LogP contribution is -2.50. The van der Waals surface area contributed by atoms with E-state index in [4.69, 9.17) is 4.74 Å². The van der Waals surface area contributed by atoms with Crippen molar-refractivity contribution in [3.05, 3.63) is 24.3 Å². The van der Waals surface area contributed by atoms with Crippen LogP contribution in [0.15, 0.2) is 24.3 Å². The minimum atomic E-state index is 0.269. The number of benzene rings is 1. The lowest BCUT2D eigenvalue weighted by molar-refractivity contribution is -0.137. The van der Waals surface area contributed by atoms with Crippen LogP contribution in [0.3, 0.4) is 0 Å². The van der Waals surface area contributed by atoms with Crippen molar-refractivity contribution < 1.29 is 9.53 Å². The normalized spacial score (nSPS) is 23.8. The van der Waals surface area contributed by atoms with Gasteiger partial charge in [-0.1, -0.05) is 38.3 Å². The Labute approximate surface area is 158 Å². The maximum Gasteiger partial charge on any atom is 0.225 e. The molecule has 1 saturated carbocycles. The van der Waals surface area contributed by atoms with Gasteiger partial charge in [0.05, 0.1) is 12.8 Å². The predicted molar refractivity (Wildman–Crippen MR) is 107 cm³/mol. The maximum absolute atomic E-state index is 12.9. The van der Waals surface area contributed by atoms with Gasteiger partial charge in [-0.2, -0.15) is 0 Å². The van der Waals surface area contributed by atoms with Crippen LogP contribution >= 0.6 is 0 Å². The smallest absolute Gasteiger partial charge is 0.225 e. The minimum Gasteiger partial charge on any atom is -0.495 e. The first-order valence-electron chi connectivity index (χ1n) is 10.4. The number of rotatable bonds is 6. The average Bonchev–Trinajstić information content (AvgIpc) is 2.72.